The number of rotatable bonds is 3. The van der Waals surface area contributed by atoms with Gasteiger partial charge < -0.3 is 19.5 Å². The highest BCUT2D eigenvalue weighted by molar-refractivity contribution is 5.95. The summed E-state index contributed by atoms with van der Waals surface area (Å²) in [6.45, 7) is 0.807. The minimum atomic E-state index is -0.180. The molecule has 7 nitrogen and oxygen atoms in total. The topological polar surface area (TPSA) is 74.6 Å². The highest BCUT2D eigenvalue weighted by Gasteiger charge is 2.33. The van der Waals surface area contributed by atoms with Gasteiger partial charge in [-0.15, -0.1) is 0 Å². The third-order valence-corrected chi connectivity index (χ3v) is 4.19. The van der Waals surface area contributed by atoms with E-state index < -0.39 is 0 Å². The first-order valence-electron chi connectivity index (χ1n) is 7.52. The predicted octanol–water partition coefficient (Wildman–Crippen LogP) is 1.41. The Hall–Kier alpha value is -2.54. The Morgan fingerprint density at radius 2 is 2.17 bits per heavy atom. The van der Waals surface area contributed by atoms with Gasteiger partial charge in [-0.25, -0.2) is 0 Å². The first-order chi connectivity index (χ1) is 11.2. The minimum Gasteiger partial charge on any atom is -0.454 e. The molecule has 7 heteroatoms. The van der Waals surface area contributed by atoms with Gasteiger partial charge in [-0.1, -0.05) is 0 Å². The van der Waals surface area contributed by atoms with Gasteiger partial charge in [-0.2, -0.15) is 5.10 Å². The average Bonchev–Trinajstić information content (AvgIpc) is 3.26. The normalized spacial score (nSPS) is 22.3. The van der Waals surface area contributed by atoms with E-state index in [1.54, 1.807) is 29.1 Å². The molecule has 2 atom stereocenters. The number of benzene rings is 1. The van der Waals surface area contributed by atoms with Crippen molar-refractivity contribution < 1.29 is 19.0 Å². The van der Waals surface area contributed by atoms with Crippen LogP contribution in [0.4, 0.5) is 0 Å². The van der Waals surface area contributed by atoms with Gasteiger partial charge in [0, 0.05) is 25.4 Å². The van der Waals surface area contributed by atoms with Crippen LogP contribution in [0.25, 0.3) is 0 Å². The lowest BCUT2D eigenvalue weighted by atomic mass is 10.1. The van der Waals surface area contributed by atoms with Crippen LogP contribution in [0.15, 0.2) is 30.5 Å². The van der Waals surface area contributed by atoms with E-state index in [0.717, 1.165) is 12.1 Å². The van der Waals surface area contributed by atoms with Gasteiger partial charge in [-0.05, 0) is 30.7 Å². The lowest BCUT2D eigenvalue weighted by Crippen LogP contribution is -2.37. The molecule has 0 aliphatic carbocycles. The number of aryl methyl sites for hydroxylation is 1. The monoisotopic (exact) mass is 315 g/mol. The number of carbonyl (C=O) groups excluding carboxylic acids is 1. The largest absolute Gasteiger partial charge is 0.454 e. The van der Waals surface area contributed by atoms with Gasteiger partial charge in [0.1, 0.15) is 6.10 Å². The molecular formula is C16H17N3O4. The van der Waals surface area contributed by atoms with Crippen molar-refractivity contribution in [3.63, 3.8) is 0 Å². The number of carbonyl (C=O) groups is 1. The van der Waals surface area contributed by atoms with E-state index in [4.69, 9.17) is 14.2 Å². The summed E-state index contributed by atoms with van der Waals surface area (Å²) in [6.07, 6.45) is 2.32. The van der Waals surface area contributed by atoms with E-state index in [1.165, 1.54) is 0 Å². The van der Waals surface area contributed by atoms with E-state index in [9.17, 15) is 4.79 Å². The van der Waals surface area contributed by atoms with Crippen LogP contribution in [0, 0.1) is 0 Å². The fourth-order valence-electron chi connectivity index (χ4n) is 2.98. The zero-order valence-corrected chi connectivity index (χ0v) is 12.7. The third kappa shape index (κ3) is 2.53. The summed E-state index contributed by atoms with van der Waals surface area (Å²) < 4.78 is 18.1. The number of amides is 1. The summed E-state index contributed by atoms with van der Waals surface area (Å²) in [5.41, 5.74) is 1.50. The highest BCUT2D eigenvalue weighted by Crippen LogP contribution is 2.33. The maximum Gasteiger partial charge on any atom is 0.251 e. The molecule has 2 aromatic rings. The first-order valence-corrected chi connectivity index (χ1v) is 7.52. The molecule has 0 saturated carbocycles. The second kappa shape index (κ2) is 5.58. The number of nitrogens with one attached hydrogen (secondary N) is 1. The van der Waals surface area contributed by atoms with E-state index in [0.29, 0.717) is 23.7 Å². The number of hydrogen-bond acceptors (Lipinski definition) is 5. The van der Waals surface area contributed by atoms with Crippen LogP contribution in [0.3, 0.4) is 0 Å². The quantitative estimate of drug-likeness (QED) is 0.927. The molecule has 2 aliphatic rings. The van der Waals surface area contributed by atoms with Crippen molar-refractivity contribution in [1.29, 1.82) is 0 Å². The summed E-state index contributed by atoms with van der Waals surface area (Å²) >= 11 is 0. The molecule has 1 amide bonds. The second-order valence-corrected chi connectivity index (χ2v) is 5.61. The Kier molecular flexibility index (Phi) is 3.42. The molecule has 0 spiro atoms. The van der Waals surface area contributed by atoms with Crippen molar-refractivity contribution >= 4 is 5.91 Å². The Bertz CT molecular complexity index is 743. The van der Waals surface area contributed by atoms with Crippen LogP contribution in [0.1, 0.15) is 28.6 Å². The lowest BCUT2D eigenvalue weighted by Gasteiger charge is -2.20. The SMILES string of the molecule is Cn1nccc1[C@H]1OCC[C@@H]1NC(=O)c1ccc2c(c1)OCO2. The highest BCUT2D eigenvalue weighted by atomic mass is 16.7. The van der Waals surface area contributed by atoms with Gasteiger partial charge in [0.05, 0.1) is 11.7 Å². The molecule has 3 heterocycles. The molecule has 1 saturated heterocycles. The van der Waals surface area contributed by atoms with Crippen LogP contribution < -0.4 is 14.8 Å². The van der Waals surface area contributed by atoms with Gasteiger partial charge >= 0.3 is 0 Å². The van der Waals surface area contributed by atoms with Crippen molar-refractivity contribution in [3.8, 4) is 11.5 Å². The van der Waals surface area contributed by atoms with E-state index in [-0.39, 0.29) is 24.8 Å². The maximum absolute atomic E-state index is 12.5. The zero-order valence-electron chi connectivity index (χ0n) is 12.7. The van der Waals surface area contributed by atoms with Gasteiger partial charge in [0.2, 0.25) is 6.79 Å². The summed E-state index contributed by atoms with van der Waals surface area (Å²) in [4.78, 5) is 12.5. The molecule has 0 bridgehead atoms. The van der Waals surface area contributed by atoms with Crippen molar-refractivity contribution in [2.24, 2.45) is 7.05 Å². The molecule has 23 heavy (non-hydrogen) atoms. The average molecular weight is 315 g/mol. The van der Waals surface area contributed by atoms with E-state index in [2.05, 4.69) is 10.4 Å². The summed E-state index contributed by atoms with van der Waals surface area (Å²) in [5, 5.41) is 7.22. The molecule has 0 radical (unpaired) electrons. The van der Waals surface area contributed by atoms with E-state index >= 15 is 0 Å². The number of aromatic nitrogens is 2. The molecule has 1 aromatic heterocycles. The Morgan fingerprint density at radius 1 is 1.30 bits per heavy atom. The standard InChI is InChI=1S/C16H17N3O4/c1-19-12(4-6-17-19)15-11(5-7-21-15)18-16(20)10-2-3-13-14(8-10)23-9-22-13/h2-4,6,8,11,15H,5,7,9H2,1H3,(H,18,20)/t11-,15-/m0/s1. The fraction of sp³-hybridized carbons (Fsp3) is 0.375. The smallest absolute Gasteiger partial charge is 0.251 e. The molecule has 1 aromatic carbocycles. The Balaban J connectivity index is 1.51. The van der Waals surface area contributed by atoms with Gasteiger partial charge in [0.15, 0.2) is 11.5 Å². The molecule has 120 valence electrons. The van der Waals surface area contributed by atoms with Crippen LogP contribution in [0.5, 0.6) is 11.5 Å². The second-order valence-electron chi connectivity index (χ2n) is 5.61. The van der Waals surface area contributed by atoms with Crippen LogP contribution in [-0.2, 0) is 11.8 Å². The van der Waals surface area contributed by atoms with Crippen molar-refractivity contribution in [2.45, 2.75) is 18.6 Å². The van der Waals surface area contributed by atoms with Gasteiger partial charge in [-0.3, -0.25) is 9.48 Å². The first kappa shape index (κ1) is 14.1. The zero-order chi connectivity index (χ0) is 15.8. The number of ether oxygens (including phenoxy) is 3. The minimum absolute atomic E-state index is 0.0803. The summed E-state index contributed by atoms with van der Waals surface area (Å²) in [5.74, 6) is 1.12. The van der Waals surface area contributed by atoms with E-state index in [1.807, 2.05) is 13.1 Å². The molecule has 2 aliphatic heterocycles. The molecule has 1 N–H and O–H groups in total. The Morgan fingerprint density at radius 3 is 3.00 bits per heavy atom. The molecule has 4 rings (SSSR count). The van der Waals surface area contributed by atoms with Crippen LogP contribution >= 0.6 is 0 Å². The summed E-state index contributed by atoms with van der Waals surface area (Å²) in [7, 11) is 1.87. The Labute approximate surface area is 133 Å². The number of fused-ring (bicyclic) bond motifs is 1. The van der Waals surface area contributed by atoms with Crippen molar-refractivity contribution in [3.05, 3.63) is 41.7 Å². The van der Waals surface area contributed by atoms with Gasteiger partial charge in [0.25, 0.3) is 5.91 Å². The lowest BCUT2D eigenvalue weighted by molar-refractivity contribution is 0.0792. The maximum atomic E-state index is 12.5. The molecular weight excluding hydrogens is 298 g/mol. The molecule has 1 fully saturated rings. The fourth-order valence-corrected chi connectivity index (χ4v) is 2.98. The third-order valence-electron chi connectivity index (χ3n) is 4.19. The van der Waals surface area contributed by atoms with Crippen LogP contribution in [0.2, 0.25) is 0 Å². The van der Waals surface area contributed by atoms with Crippen LogP contribution in [-0.4, -0.2) is 35.1 Å². The van der Waals surface area contributed by atoms with Crippen molar-refractivity contribution in [2.75, 3.05) is 13.4 Å². The van der Waals surface area contributed by atoms with Crippen molar-refractivity contribution in [1.82, 2.24) is 15.1 Å². The predicted molar refractivity (Wildman–Crippen MR) is 80.3 cm³/mol. The summed E-state index contributed by atoms with van der Waals surface area (Å²) in [6, 6.07) is 7.02. The number of hydrogen-bond donors (Lipinski definition) is 1. The molecule has 0 unspecified atom stereocenters. The number of nitrogens with zero attached hydrogens (tertiary/aromatic N) is 2.